The molecule has 1 fully saturated rings. The van der Waals surface area contributed by atoms with E-state index in [0.717, 1.165) is 25.7 Å². The average molecular weight is 299 g/mol. The zero-order valence-corrected chi connectivity index (χ0v) is 14.4. The molecule has 1 aliphatic rings. The smallest absolute Gasteiger partial charge is 0.152 e. The lowest BCUT2D eigenvalue weighted by molar-refractivity contribution is 0.119. The Morgan fingerprint density at radius 1 is 1.25 bits per heavy atom. The SMILES string of the molecule is CC(C)S(=O)(=O)CCC1(C#N)CCC(C(C)(C)C)CC1. The van der Waals surface area contributed by atoms with Crippen molar-refractivity contribution in [3.63, 3.8) is 0 Å². The number of rotatable bonds is 4. The Hall–Kier alpha value is -0.560. The van der Waals surface area contributed by atoms with Crippen LogP contribution in [0, 0.1) is 28.1 Å². The standard InChI is InChI=1S/C16H29NO2S/c1-13(2)20(18,19)11-10-16(12-17)8-6-14(7-9-16)15(3,4)5/h13-14H,6-11H2,1-5H3. The molecule has 1 saturated carbocycles. The fraction of sp³-hybridized carbons (Fsp3) is 0.938. The van der Waals surface area contributed by atoms with Gasteiger partial charge >= 0.3 is 0 Å². The lowest BCUT2D eigenvalue weighted by Crippen LogP contribution is -2.33. The summed E-state index contributed by atoms with van der Waals surface area (Å²) in [5, 5.41) is 9.18. The van der Waals surface area contributed by atoms with Crippen LogP contribution in [0.25, 0.3) is 0 Å². The number of hydrogen-bond acceptors (Lipinski definition) is 3. The summed E-state index contributed by atoms with van der Waals surface area (Å²) < 4.78 is 23.9. The van der Waals surface area contributed by atoms with Gasteiger partial charge in [0.1, 0.15) is 0 Å². The highest BCUT2D eigenvalue weighted by Crippen LogP contribution is 2.46. The maximum absolute atomic E-state index is 11.9. The molecule has 0 radical (unpaired) electrons. The summed E-state index contributed by atoms with van der Waals surface area (Å²) in [6.07, 6.45) is 4.27. The van der Waals surface area contributed by atoms with E-state index >= 15 is 0 Å². The zero-order chi connectivity index (χ0) is 15.6. The Balaban J connectivity index is 2.67. The van der Waals surface area contributed by atoms with E-state index in [1.165, 1.54) is 0 Å². The van der Waals surface area contributed by atoms with E-state index < -0.39 is 15.3 Å². The molecule has 3 nitrogen and oxygen atoms in total. The van der Waals surface area contributed by atoms with Gasteiger partial charge in [-0.2, -0.15) is 5.26 Å². The van der Waals surface area contributed by atoms with E-state index in [-0.39, 0.29) is 16.4 Å². The molecule has 0 aromatic rings. The van der Waals surface area contributed by atoms with Crippen LogP contribution in [0.5, 0.6) is 0 Å². The van der Waals surface area contributed by atoms with Crippen LogP contribution in [0.3, 0.4) is 0 Å². The minimum absolute atomic E-state index is 0.151. The first kappa shape index (κ1) is 17.5. The predicted octanol–water partition coefficient (Wildman–Crippen LogP) is 3.95. The third-order valence-corrected chi connectivity index (χ3v) is 7.20. The average Bonchev–Trinajstić information content (AvgIpc) is 2.36. The Bertz CT molecular complexity index is 458. The van der Waals surface area contributed by atoms with Gasteiger partial charge in [-0.1, -0.05) is 20.8 Å². The van der Waals surface area contributed by atoms with Crippen LogP contribution in [0.15, 0.2) is 0 Å². The quantitative estimate of drug-likeness (QED) is 0.790. The molecular weight excluding hydrogens is 270 g/mol. The molecule has 0 spiro atoms. The van der Waals surface area contributed by atoms with E-state index in [1.807, 2.05) is 0 Å². The Morgan fingerprint density at radius 3 is 2.10 bits per heavy atom. The van der Waals surface area contributed by atoms with Gasteiger partial charge in [-0.05, 0) is 57.3 Å². The maximum Gasteiger partial charge on any atom is 0.152 e. The van der Waals surface area contributed by atoms with Crippen molar-refractivity contribution in [3.05, 3.63) is 0 Å². The number of nitrogens with zero attached hydrogens (tertiary/aromatic N) is 1. The van der Waals surface area contributed by atoms with Crippen molar-refractivity contribution in [1.29, 1.82) is 5.26 Å². The van der Waals surface area contributed by atoms with Gasteiger partial charge in [0.25, 0.3) is 0 Å². The highest BCUT2D eigenvalue weighted by Gasteiger charge is 2.39. The second kappa shape index (κ2) is 6.05. The van der Waals surface area contributed by atoms with Gasteiger partial charge < -0.3 is 0 Å². The van der Waals surface area contributed by atoms with Crippen LogP contribution >= 0.6 is 0 Å². The van der Waals surface area contributed by atoms with Gasteiger partial charge in [0, 0.05) is 0 Å². The molecule has 20 heavy (non-hydrogen) atoms. The molecule has 0 aromatic carbocycles. The summed E-state index contributed by atoms with van der Waals surface area (Å²) in [4.78, 5) is 0. The normalized spacial score (nSPS) is 28.4. The summed E-state index contributed by atoms with van der Waals surface area (Å²) in [5.41, 5.74) is -0.130. The van der Waals surface area contributed by atoms with E-state index in [2.05, 4.69) is 26.8 Å². The number of nitriles is 1. The molecule has 0 amide bonds. The Labute approximate surface area is 124 Å². The van der Waals surface area contributed by atoms with Crippen molar-refractivity contribution in [1.82, 2.24) is 0 Å². The maximum atomic E-state index is 11.9. The van der Waals surface area contributed by atoms with Gasteiger partial charge in [0.2, 0.25) is 0 Å². The van der Waals surface area contributed by atoms with Crippen molar-refractivity contribution in [2.75, 3.05) is 5.75 Å². The fourth-order valence-electron chi connectivity index (χ4n) is 3.03. The molecular formula is C16H29NO2S. The lowest BCUT2D eigenvalue weighted by atomic mass is 9.64. The summed E-state index contributed by atoms with van der Waals surface area (Å²) in [6, 6.07) is 2.44. The Kier molecular flexibility index (Phi) is 5.29. The highest BCUT2D eigenvalue weighted by atomic mass is 32.2. The summed E-state index contributed by atoms with van der Waals surface area (Å²) in [7, 11) is -3.04. The molecule has 116 valence electrons. The van der Waals surface area contributed by atoms with Gasteiger partial charge in [-0.25, -0.2) is 8.42 Å². The van der Waals surface area contributed by atoms with Gasteiger partial charge in [0.05, 0.1) is 22.5 Å². The fourth-order valence-corrected chi connectivity index (χ4v) is 4.17. The molecule has 1 rings (SSSR count). The summed E-state index contributed by atoms with van der Waals surface area (Å²) in [6.45, 7) is 10.2. The lowest BCUT2D eigenvalue weighted by Gasteiger charge is -2.40. The van der Waals surface area contributed by atoms with Crippen molar-refractivity contribution in [3.8, 4) is 6.07 Å². The zero-order valence-electron chi connectivity index (χ0n) is 13.6. The van der Waals surface area contributed by atoms with Crippen LogP contribution < -0.4 is 0 Å². The van der Waals surface area contributed by atoms with Crippen LogP contribution in [0.2, 0.25) is 0 Å². The molecule has 0 atom stereocenters. The third-order valence-electron chi connectivity index (χ3n) is 4.99. The van der Waals surface area contributed by atoms with Crippen molar-refractivity contribution >= 4 is 9.84 Å². The Morgan fingerprint density at radius 2 is 1.75 bits per heavy atom. The molecule has 0 saturated heterocycles. The van der Waals surface area contributed by atoms with Gasteiger partial charge in [0.15, 0.2) is 9.84 Å². The van der Waals surface area contributed by atoms with Crippen molar-refractivity contribution in [2.24, 2.45) is 16.7 Å². The highest BCUT2D eigenvalue weighted by molar-refractivity contribution is 7.91. The largest absolute Gasteiger partial charge is 0.229 e. The van der Waals surface area contributed by atoms with Gasteiger partial charge in [-0.3, -0.25) is 0 Å². The number of sulfone groups is 1. The first-order valence-corrected chi connectivity index (χ1v) is 9.37. The molecule has 0 unspecified atom stereocenters. The minimum atomic E-state index is -3.04. The van der Waals surface area contributed by atoms with Crippen LogP contribution in [0.4, 0.5) is 0 Å². The van der Waals surface area contributed by atoms with Crippen molar-refractivity contribution < 1.29 is 8.42 Å². The van der Waals surface area contributed by atoms with Crippen LogP contribution in [0.1, 0.15) is 66.7 Å². The molecule has 0 N–H and O–H groups in total. The van der Waals surface area contributed by atoms with Crippen LogP contribution in [-0.2, 0) is 9.84 Å². The van der Waals surface area contributed by atoms with E-state index in [0.29, 0.717) is 12.3 Å². The van der Waals surface area contributed by atoms with Gasteiger partial charge in [-0.15, -0.1) is 0 Å². The topological polar surface area (TPSA) is 57.9 Å². The first-order chi connectivity index (χ1) is 9.02. The van der Waals surface area contributed by atoms with E-state index in [9.17, 15) is 13.7 Å². The predicted molar refractivity (Wildman–Crippen MR) is 83.0 cm³/mol. The van der Waals surface area contributed by atoms with E-state index in [4.69, 9.17) is 0 Å². The summed E-state index contributed by atoms with van der Waals surface area (Å²) >= 11 is 0. The molecule has 0 bridgehead atoms. The summed E-state index contributed by atoms with van der Waals surface area (Å²) in [5.74, 6) is 0.795. The second-order valence-corrected chi connectivity index (χ2v) is 10.4. The second-order valence-electron chi connectivity index (χ2n) is 7.70. The van der Waals surface area contributed by atoms with E-state index in [1.54, 1.807) is 13.8 Å². The molecule has 4 heteroatoms. The van der Waals surface area contributed by atoms with Crippen molar-refractivity contribution in [2.45, 2.75) is 72.0 Å². The van der Waals surface area contributed by atoms with Crippen LogP contribution in [-0.4, -0.2) is 19.4 Å². The first-order valence-electron chi connectivity index (χ1n) is 7.65. The molecule has 1 aliphatic carbocycles. The molecule has 0 aromatic heterocycles. The molecule has 0 aliphatic heterocycles. The third kappa shape index (κ3) is 4.22. The minimum Gasteiger partial charge on any atom is -0.229 e. The number of hydrogen-bond donors (Lipinski definition) is 0. The monoisotopic (exact) mass is 299 g/mol. The molecule has 0 heterocycles.